The molecular formula is C22H30N6O3S. The van der Waals surface area contributed by atoms with Gasteiger partial charge in [-0.2, -0.15) is 12.7 Å². The minimum absolute atomic E-state index is 0.261. The number of benzene rings is 1. The number of pyridine rings is 1. The fourth-order valence-corrected chi connectivity index (χ4v) is 3.98. The molecule has 1 amide bonds. The maximum atomic E-state index is 13.2. The number of hydrogen-bond donors (Lipinski definition) is 2. The standard InChI is InChI=1S/C22H30N6O3S/c1-14(2)10-20-25-18-12-16(26-32(30,31)27(4)5)11-17(21(18)28(20)6)22(29)24-13-19-15(3)8-7-9-23-19/h7-9,11-12,14,26H,10,13H2,1-6H3,(H,24,29). The zero-order valence-corrected chi connectivity index (χ0v) is 20.1. The average molecular weight is 459 g/mol. The highest BCUT2D eigenvalue weighted by Gasteiger charge is 2.21. The second-order valence-electron chi connectivity index (χ2n) is 8.42. The second-order valence-corrected chi connectivity index (χ2v) is 10.3. The number of aromatic nitrogens is 3. The van der Waals surface area contributed by atoms with E-state index in [9.17, 15) is 13.2 Å². The maximum Gasteiger partial charge on any atom is 0.301 e. The van der Waals surface area contributed by atoms with E-state index in [1.807, 2.05) is 30.7 Å². The van der Waals surface area contributed by atoms with Gasteiger partial charge < -0.3 is 9.88 Å². The van der Waals surface area contributed by atoms with Crippen molar-refractivity contribution >= 4 is 32.8 Å². The van der Waals surface area contributed by atoms with Crippen LogP contribution in [-0.4, -0.2) is 47.3 Å². The van der Waals surface area contributed by atoms with Crippen LogP contribution in [0.5, 0.6) is 0 Å². The van der Waals surface area contributed by atoms with Crippen molar-refractivity contribution in [2.24, 2.45) is 13.0 Å². The molecule has 172 valence electrons. The van der Waals surface area contributed by atoms with E-state index >= 15 is 0 Å². The van der Waals surface area contributed by atoms with Gasteiger partial charge in [0, 0.05) is 33.8 Å². The largest absolute Gasteiger partial charge is 0.346 e. The van der Waals surface area contributed by atoms with Gasteiger partial charge in [0.25, 0.3) is 5.91 Å². The molecule has 2 aromatic heterocycles. The molecule has 2 N–H and O–H groups in total. The lowest BCUT2D eigenvalue weighted by Gasteiger charge is -2.15. The molecular weight excluding hydrogens is 428 g/mol. The Morgan fingerprint density at radius 1 is 1.25 bits per heavy atom. The number of rotatable bonds is 8. The summed E-state index contributed by atoms with van der Waals surface area (Å²) in [5.41, 5.74) is 3.58. The van der Waals surface area contributed by atoms with E-state index in [2.05, 4.69) is 33.9 Å². The van der Waals surface area contributed by atoms with Crippen LogP contribution in [0.2, 0.25) is 0 Å². The molecule has 10 heteroatoms. The van der Waals surface area contributed by atoms with E-state index in [1.165, 1.54) is 14.1 Å². The zero-order valence-electron chi connectivity index (χ0n) is 19.3. The van der Waals surface area contributed by atoms with Crippen LogP contribution >= 0.6 is 0 Å². The topological polar surface area (TPSA) is 109 Å². The van der Waals surface area contributed by atoms with Crippen molar-refractivity contribution in [3.05, 3.63) is 53.1 Å². The number of amides is 1. The molecule has 0 saturated carbocycles. The highest BCUT2D eigenvalue weighted by molar-refractivity contribution is 7.90. The lowest BCUT2D eigenvalue weighted by atomic mass is 10.1. The predicted molar refractivity (Wildman–Crippen MR) is 126 cm³/mol. The quantitative estimate of drug-likeness (QED) is 0.539. The van der Waals surface area contributed by atoms with Crippen LogP contribution in [0.15, 0.2) is 30.5 Å². The summed E-state index contributed by atoms with van der Waals surface area (Å²) in [6.07, 6.45) is 2.42. The number of nitrogens with one attached hydrogen (secondary N) is 2. The molecule has 3 rings (SSSR count). The van der Waals surface area contributed by atoms with E-state index < -0.39 is 10.2 Å². The first-order chi connectivity index (χ1) is 15.0. The van der Waals surface area contributed by atoms with Crippen LogP contribution in [0.3, 0.4) is 0 Å². The van der Waals surface area contributed by atoms with E-state index in [0.717, 1.165) is 27.8 Å². The maximum absolute atomic E-state index is 13.2. The molecule has 1 aromatic carbocycles. The number of anilines is 1. The van der Waals surface area contributed by atoms with Crippen molar-refractivity contribution in [2.45, 2.75) is 33.7 Å². The zero-order chi connectivity index (χ0) is 23.6. The Balaban J connectivity index is 2.05. The molecule has 0 unspecified atom stereocenters. The van der Waals surface area contributed by atoms with Crippen molar-refractivity contribution in [1.29, 1.82) is 0 Å². The Bertz CT molecular complexity index is 1250. The molecule has 0 aliphatic heterocycles. The Kier molecular flexibility index (Phi) is 6.85. The normalized spacial score (nSPS) is 12.0. The van der Waals surface area contributed by atoms with Gasteiger partial charge in [0.2, 0.25) is 0 Å². The van der Waals surface area contributed by atoms with Crippen LogP contribution < -0.4 is 10.0 Å². The van der Waals surface area contributed by atoms with Gasteiger partial charge in [-0.1, -0.05) is 19.9 Å². The van der Waals surface area contributed by atoms with Crippen LogP contribution in [-0.2, 0) is 30.2 Å². The summed E-state index contributed by atoms with van der Waals surface area (Å²) in [5, 5.41) is 2.91. The Morgan fingerprint density at radius 2 is 1.97 bits per heavy atom. The number of aryl methyl sites for hydroxylation is 2. The molecule has 9 nitrogen and oxygen atoms in total. The number of carbonyl (C=O) groups is 1. The van der Waals surface area contributed by atoms with Gasteiger partial charge in [0.15, 0.2) is 0 Å². The van der Waals surface area contributed by atoms with Crippen molar-refractivity contribution in [2.75, 3.05) is 18.8 Å². The monoisotopic (exact) mass is 458 g/mol. The SMILES string of the molecule is Cc1cccnc1CNC(=O)c1cc(NS(=O)(=O)N(C)C)cc2nc(CC(C)C)n(C)c12. The molecule has 0 atom stereocenters. The number of imidazole rings is 1. The Hall–Kier alpha value is -2.98. The van der Waals surface area contributed by atoms with Crippen molar-refractivity contribution < 1.29 is 13.2 Å². The summed E-state index contributed by atoms with van der Waals surface area (Å²) in [5.74, 6) is 0.879. The smallest absolute Gasteiger partial charge is 0.301 e. The second kappa shape index (κ2) is 9.25. The summed E-state index contributed by atoms with van der Waals surface area (Å²) in [6.45, 7) is 6.39. The highest BCUT2D eigenvalue weighted by Crippen LogP contribution is 2.26. The first-order valence-electron chi connectivity index (χ1n) is 10.4. The van der Waals surface area contributed by atoms with Crippen molar-refractivity contribution in [3.63, 3.8) is 0 Å². The molecule has 0 aliphatic carbocycles. The van der Waals surface area contributed by atoms with Crippen molar-refractivity contribution in [1.82, 2.24) is 24.2 Å². The van der Waals surface area contributed by atoms with E-state index in [1.54, 1.807) is 18.3 Å². The van der Waals surface area contributed by atoms with Gasteiger partial charge in [0.1, 0.15) is 5.82 Å². The molecule has 0 saturated heterocycles. The molecule has 0 fully saturated rings. The van der Waals surface area contributed by atoms with E-state index in [4.69, 9.17) is 0 Å². The molecule has 0 spiro atoms. The molecule has 0 radical (unpaired) electrons. The summed E-state index contributed by atoms with van der Waals surface area (Å²) in [6, 6.07) is 6.98. The third-order valence-corrected chi connectivity index (χ3v) is 6.61. The summed E-state index contributed by atoms with van der Waals surface area (Å²) in [4.78, 5) is 22.2. The van der Waals surface area contributed by atoms with Gasteiger partial charge in [-0.05, 0) is 36.6 Å². The predicted octanol–water partition coefficient (Wildman–Crippen LogP) is 2.62. The van der Waals surface area contributed by atoms with Crippen LogP contribution in [0.4, 0.5) is 5.69 Å². The third kappa shape index (κ3) is 5.08. The minimum atomic E-state index is -3.74. The van der Waals surface area contributed by atoms with Crippen LogP contribution in [0.25, 0.3) is 11.0 Å². The first kappa shape index (κ1) is 23.7. The minimum Gasteiger partial charge on any atom is -0.346 e. The molecule has 0 bridgehead atoms. The van der Waals surface area contributed by atoms with E-state index in [-0.39, 0.29) is 18.1 Å². The van der Waals surface area contributed by atoms with Crippen LogP contribution in [0, 0.1) is 12.8 Å². The van der Waals surface area contributed by atoms with Gasteiger partial charge >= 0.3 is 10.2 Å². The van der Waals surface area contributed by atoms with Gasteiger partial charge in [-0.15, -0.1) is 0 Å². The van der Waals surface area contributed by atoms with Crippen LogP contribution in [0.1, 0.15) is 41.3 Å². The van der Waals surface area contributed by atoms with Gasteiger partial charge in [-0.3, -0.25) is 14.5 Å². The summed E-state index contributed by atoms with van der Waals surface area (Å²) < 4.78 is 30.2. The number of fused-ring (bicyclic) bond motifs is 1. The van der Waals surface area contributed by atoms with Gasteiger partial charge in [0.05, 0.1) is 34.5 Å². The summed E-state index contributed by atoms with van der Waals surface area (Å²) >= 11 is 0. The fourth-order valence-electron chi connectivity index (χ4n) is 3.38. The molecule has 2 heterocycles. The highest BCUT2D eigenvalue weighted by atomic mass is 32.2. The fraction of sp³-hybridized carbons (Fsp3) is 0.409. The number of hydrogen-bond acceptors (Lipinski definition) is 5. The third-order valence-electron chi connectivity index (χ3n) is 5.16. The first-order valence-corrected chi connectivity index (χ1v) is 11.8. The Labute approximate surface area is 189 Å². The summed E-state index contributed by atoms with van der Waals surface area (Å²) in [7, 11) is 1.00. The molecule has 0 aliphatic rings. The lowest BCUT2D eigenvalue weighted by Crippen LogP contribution is -2.29. The number of nitrogens with zero attached hydrogens (tertiary/aromatic N) is 4. The Morgan fingerprint density at radius 3 is 2.59 bits per heavy atom. The number of carbonyl (C=O) groups excluding carboxylic acids is 1. The average Bonchev–Trinajstić information content (AvgIpc) is 3.00. The molecule has 32 heavy (non-hydrogen) atoms. The lowest BCUT2D eigenvalue weighted by molar-refractivity contribution is 0.0951. The van der Waals surface area contributed by atoms with Crippen molar-refractivity contribution in [3.8, 4) is 0 Å². The van der Waals surface area contributed by atoms with E-state index in [0.29, 0.717) is 22.5 Å². The van der Waals surface area contributed by atoms with Gasteiger partial charge in [-0.25, -0.2) is 4.98 Å². The molecule has 3 aromatic rings.